The van der Waals surface area contributed by atoms with Gasteiger partial charge in [0.15, 0.2) is 8.68 Å². The van der Waals surface area contributed by atoms with Crippen LogP contribution in [0.4, 0.5) is 0 Å². The summed E-state index contributed by atoms with van der Waals surface area (Å²) in [4.78, 5) is 9.53. The number of hydrogen-bond acceptors (Lipinski definition) is 6. The SMILES string of the molecule is Cc1ccc(Cc2csc(SSc3nc(Cc4ccc(C)cc4)cs3)n2)cc1. The smallest absolute Gasteiger partial charge is 0.161 e. The lowest BCUT2D eigenvalue weighted by atomic mass is 10.1. The normalized spacial score (nSPS) is 11.1. The Kier molecular flexibility index (Phi) is 6.52. The molecule has 2 nitrogen and oxygen atoms in total. The first kappa shape index (κ1) is 19.7. The molecule has 4 rings (SSSR count). The highest BCUT2D eigenvalue weighted by Gasteiger charge is 2.08. The molecule has 0 fully saturated rings. The average Bonchev–Trinajstić information content (AvgIpc) is 3.33. The molecule has 2 aromatic carbocycles. The quantitative estimate of drug-likeness (QED) is 0.284. The summed E-state index contributed by atoms with van der Waals surface area (Å²) >= 11 is 3.42. The van der Waals surface area contributed by atoms with Crippen LogP contribution >= 0.6 is 44.3 Å². The summed E-state index contributed by atoms with van der Waals surface area (Å²) < 4.78 is 2.17. The topological polar surface area (TPSA) is 25.8 Å². The predicted molar refractivity (Wildman–Crippen MR) is 124 cm³/mol. The Hall–Kier alpha value is -1.60. The van der Waals surface area contributed by atoms with Crippen LogP contribution in [0, 0.1) is 13.8 Å². The third kappa shape index (κ3) is 5.47. The summed E-state index contributed by atoms with van der Waals surface area (Å²) in [6.45, 7) is 4.23. The van der Waals surface area contributed by atoms with Crippen molar-refractivity contribution >= 4 is 44.3 Å². The van der Waals surface area contributed by atoms with Gasteiger partial charge in [-0.15, -0.1) is 22.7 Å². The standard InChI is InChI=1S/C22H20N2S4/c1-15-3-7-17(8-4-15)11-19-13-25-21(23-19)27-28-22-24-20(14-26-22)12-18-9-5-16(2)6-10-18/h3-10,13-14H,11-12H2,1-2H3. The number of nitrogens with zero attached hydrogens (tertiary/aromatic N) is 2. The highest BCUT2D eigenvalue weighted by atomic mass is 33.1. The monoisotopic (exact) mass is 440 g/mol. The van der Waals surface area contributed by atoms with Gasteiger partial charge >= 0.3 is 0 Å². The van der Waals surface area contributed by atoms with Crippen molar-refractivity contribution in [3.05, 3.63) is 92.9 Å². The van der Waals surface area contributed by atoms with Gasteiger partial charge in [0.25, 0.3) is 0 Å². The van der Waals surface area contributed by atoms with Gasteiger partial charge in [0.1, 0.15) is 0 Å². The van der Waals surface area contributed by atoms with Gasteiger partial charge in [-0.1, -0.05) is 59.7 Å². The van der Waals surface area contributed by atoms with Gasteiger partial charge in [-0.3, -0.25) is 0 Å². The summed E-state index contributed by atoms with van der Waals surface area (Å²) in [5.74, 6) is 0. The molecule has 0 aliphatic heterocycles. The summed E-state index contributed by atoms with van der Waals surface area (Å²) in [6, 6.07) is 17.4. The fraction of sp³-hybridized carbons (Fsp3) is 0.182. The number of benzene rings is 2. The van der Waals surface area contributed by atoms with E-state index in [2.05, 4.69) is 73.1 Å². The lowest BCUT2D eigenvalue weighted by Crippen LogP contribution is -1.88. The molecule has 0 aliphatic carbocycles. The average molecular weight is 441 g/mol. The molecular weight excluding hydrogens is 421 g/mol. The number of hydrogen-bond donors (Lipinski definition) is 0. The van der Waals surface area contributed by atoms with Crippen LogP contribution in [0.3, 0.4) is 0 Å². The Labute approximate surface area is 181 Å². The molecule has 6 heteroatoms. The summed E-state index contributed by atoms with van der Waals surface area (Å²) in [7, 11) is 3.40. The molecule has 0 saturated heterocycles. The van der Waals surface area contributed by atoms with E-state index < -0.39 is 0 Å². The van der Waals surface area contributed by atoms with Gasteiger partial charge in [-0.2, -0.15) is 0 Å². The van der Waals surface area contributed by atoms with Crippen molar-refractivity contribution in [1.82, 2.24) is 9.97 Å². The van der Waals surface area contributed by atoms with Gasteiger partial charge in [0.2, 0.25) is 0 Å². The zero-order valence-electron chi connectivity index (χ0n) is 15.7. The van der Waals surface area contributed by atoms with Crippen LogP contribution in [-0.4, -0.2) is 9.97 Å². The van der Waals surface area contributed by atoms with E-state index in [4.69, 9.17) is 9.97 Å². The molecule has 0 unspecified atom stereocenters. The second-order valence-corrected chi connectivity index (χ2v) is 11.0. The lowest BCUT2D eigenvalue weighted by molar-refractivity contribution is 1.06. The molecule has 0 N–H and O–H groups in total. The summed E-state index contributed by atoms with van der Waals surface area (Å²) in [6.07, 6.45) is 1.78. The Morgan fingerprint density at radius 1 is 0.643 bits per heavy atom. The zero-order chi connectivity index (χ0) is 19.3. The molecule has 28 heavy (non-hydrogen) atoms. The summed E-state index contributed by atoms with van der Waals surface area (Å²) in [5, 5.41) is 4.32. The fourth-order valence-electron chi connectivity index (χ4n) is 2.72. The third-order valence-electron chi connectivity index (χ3n) is 4.26. The van der Waals surface area contributed by atoms with Crippen molar-refractivity contribution in [2.75, 3.05) is 0 Å². The van der Waals surface area contributed by atoms with Crippen LogP contribution in [0.15, 0.2) is 68.0 Å². The number of aryl methyl sites for hydroxylation is 2. The van der Waals surface area contributed by atoms with Crippen molar-refractivity contribution in [1.29, 1.82) is 0 Å². The second kappa shape index (κ2) is 9.27. The molecule has 0 atom stereocenters. The molecular formula is C22H20N2S4. The second-order valence-electron chi connectivity index (χ2n) is 6.70. The first-order valence-electron chi connectivity index (χ1n) is 8.98. The van der Waals surface area contributed by atoms with Gasteiger partial charge in [0, 0.05) is 23.6 Å². The molecule has 0 aliphatic rings. The van der Waals surface area contributed by atoms with Crippen LogP contribution in [0.2, 0.25) is 0 Å². The maximum absolute atomic E-state index is 4.76. The molecule has 4 aromatic rings. The molecule has 0 bridgehead atoms. The van der Waals surface area contributed by atoms with Crippen molar-refractivity contribution < 1.29 is 0 Å². The molecule has 0 radical (unpaired) electrons. The minimum absolute atomic E-state index is 0.889. The van der Waals surface area contributed by atoms with Crippen molar-refractivity contribution in [3.8, 4) is 0 Å². The Balaban J connectivity index is 1.31. The van der Waals surface area contributed by atoms with Crippen LogP contribution in [0.25, 0.3) is 0 Å². The van der Waals surface area contributed by atoms with E-state index in [1.54, 1.807) is 44.3 Å². The van der Waals surface area contributed by atoms with E-state index in [1.807, 2.05) is 0 Å². The highest BCUT2D eigenvalue weighted by Crippen LogP contribution is 2.40. The lowest BCUT2D eigenvalue weighted by Gasteiger charge is -1.99. The molecule has 2 heterocycles. The number of aromatic nitrogens is 2. The van der Waals surface area contributed by atoms with E-state index in [1.165, 1.54) is 22.3 Å². The maximum Gasteiger partial charge on any atom is 0.161 e. The Morgan fingerprint density at radius 3 is 1.43 bits per heavy atom. The van der Waals surface area contributed by atoms with Gasteiger partial charge in [0.05, 0.1) is 11.4 Å². The molecule has 2 aromatic heterocycles. The maximum atomic E-state index is 4.76. The van der Waals surface area contributed by atoms with Crippen molar-refractivity contribution in [2.24, 2.45) is 0 Å². The van der Waals surface area contributed by atoms with Crippen molar-refractivity contribution in [3.63, 3.8) is 0 Å². The third-order valence-corrected chi connectivity index (χ3v) is 9.08. The predicted octanol–water partition coefficient (Wildman–Crippen LogP) is 7.20. The minimum atomic E-state index is 0.889. The highest BCUT2D eigenvalue weighted by molar-refractivity contribution is 8.77. The van der Waals surface area contributed by atoms with E-state index in [0.717, 1.165) is 32.9 Å². The molecule has 142 valence electrons. The van der Waals surface area contributed by atoms with Gasteiger partial charge in [-0.25, -0.2) is 9.97 Å². The zero-order valence-corrected chi connectivity index (χ0v) is 19.0. The Morgan fingerprint density at radius 2 is 1.04 bits per heavy atom. The molecule has 0 saturated carbocycles. The summed E-state index contributed by atoms with van der Waals surface area (Å²) in [5.41, 5.74) is 7.47. The van der Waals surface area contributed by atoms with Crippen molar-refractivity contribution in [2.45, 2.75) is 35.4 Å². The first-order chi connectivity index (χ1) is 13.6. The van der Waals surface area contributed by atoms with E-state index in [-0.39, 0.29) is 0 Å². The molecule has 0 amide bonds. The van der Waals surface area contributed by atoms with Crippen LogP contribution in [0.5, 0.6) is 0 Å². The fourth-order valence-corrected chi connectivity index (χ4v) is 6.83. The first-order valence-corrected chi connectivity index (χ1v) is 12.9. The van der Waals surface area contributed by atoms with Crippen LogP contribution in [0.1, 0.15) is 33.6 Å². The van der Waals surface area contributed by atoms with E-state index in [0.29, 0.717) is 0 Å². The Bertz CT molecular complexity index is 947. The number of thiazole rings is 2. The van der Waals surface area contributed by atoms with Gasteiger partial charge in [-0.05, 0) is 46.6 Å². The van der Waals surface area contributed by atoms with E-state index in [9.17, 15) is 0 Å². The van der Waals surface area contributed by atoms with Gasteiger partial charge < -0.3 is 0 Å². The molecule has 0 spiro atoms. The minimum Gasteiger partial charge on any atom is -0.233 e. The number of rotatable bonds is 7. The largest absolute Gasteiger partial charge is 0.233 e. The van der Waals surface area contributed by atoms with Crippen LogP contribution < -0.4 is 0 Å². The van der Waals surface area contributed by atoms with E-state index >= 15 is 0 Å². The van der Waals surface area contributed by atoms with Crippen LogP contribution in [-0.2, 0) is 12.8 Å².